The molecule has 7 nitrogen and oxygen atoms in total. The lowest BCUT2D eigenvalue weighted by molar-refractivity contribution is -0.133. The minimum atomic E-state index is -0.556. The van der Waals surface area contributed by atoms with Crippen molar-refractivity contribution in [2.75, 3.05) is 33.8 Å². The summed E-state index contributed by atoms with van der Waals surface area (Å²) < 4.78 is 5.20. The van der Waals surface area contributed by atoms with Crippen molar-refractivity contribution in [1.29, 1.82) is 0 Å². The van der Waals surface area contributed by atoms with E-state index >= 15 is 0 Å². The van der Waals surface area contributed by atoms with Gasteiger partial charge in [-0.15, -0.1) is 0 Å². The third kappa shape index (κ3) is 5.89. The van der Waals surface area contributed by atoms with Gasteiger partial charge in [0.2, 0.25) is 5.91 Å². The monoisotopic (exact) mass is 301 g/mol. The summed E-state index contributed by atoms with van der Waals surface area (Å²) in [6, 6.07) is -0.444. The van der Waals surface area contributed by atoms with Crippen LogP contribution in [0.15, 0.2) is 0 Å². The van der Waals surface area contributed by atoms with Crippen molar-refractivity contribution in [3.8, 4) is 0 Å². The molecule has 2 amide bonds. The SMILES string of the molecule is CN(C)CC(=O)N1C[C@@H](NC(=O)OC(C)(C)C)C[C@H]1CO. The van der Waals surface area contributed by atoms with Crippen LogP contribution in [0, 0.1) is 0 Å². The Morgan fingerprint density at radius 2 is 2.00 bits per heavy atom. The van der Waals surface area contributed by atoms with E-state index in [0.717, 1.165) is 0 Å². The largest absolute Gasteiger partial charge is 0.444 e. The Labute approximate surface area is 126 Å². The van der Waals surface area contributed by atoms with E-state index in [1.165, 1.54) is 0 Å². The molecule has 2 N–H and O–H groups in total. The van der Waals surface area contributed by atoms with Gasteiger partial charge < -0.3 is 25.0 Å². The van der Waals surface area contributed by atoms with Crippen LogP contribution in [0.25, 0.3) is 0 Å². The van der Waals surface area contributed by atoms with Crippen LogP contribution < -0.4 is 5.32 Å². The molecule has 1 fully saturated rings. The predicted molar refractivity (Wildman–Crippen MR) is 78.9 cm³/mol. The summed E-state index contributed by atoms with van der Waals surface area (Å²) in [7, 11) is 3.64. The van der Waals surface area contributed by atoms with Crippen molar-refractivity contribution in [2.24, 2.45) is 0 Å². The Morgan fingerprint density at radius 1 is 1.38 bits per heavy atom. The highest BCUT2D eigenvalue weighted by atomic mass is 16.6. The number of nitrogens with zero attached hydrogens (tertiary/aromatic N) is 2. The van der Waals surface area contributed by atoms with Gasteiger partial charge in [-0.25, -0.2) is 4.79 Å². The average Bonchev–Trinajstić information content (AvgIpc) is 2.68. The van der Waals surface area contributed by atoms with E-state index in [1.54, 1.807) is 30.6 Å². The van der Waals surface area contributed by atoms with Gasteiger partial charge in [0.1, 0.15) is 5.60 Å². The second-order valence-corrected chi connectivity index (χ2v) is 6.70. The number of nitrogens with one attached hydrogen (secondary N) is 1. The van der Waals surface area contributed by atoms with Crippen molar-refractivity contribution in [3.05, 3.63) is 0 Å². The number of rotatable bonds is 4. The van der Waals surface area contributed by atoms with Gasteiger partial charge in [-0.3, -0.25) is 4.79 Å². The number of hydrogen-bond donors (Lipinski definition) is 2. The third-order valence-electron chi connectivity index (χ3n) is 3.12. The van der Waals surface area contributed by atoms with Gasteiger partial charge >= 0.3 is 6.09 Å². The zero-order valence-electron chi connectivity index (χ0n) is 13.5. The molecule has 0 aromatic heterocycles. The molecule has 1 heterocycles. The zero-order chi connectivity index (χ0) is 16.2. The minimum Gasteiger partial charge on any atom is -0.444 e. The van der Waals surface area contributed by atoms with Gasteiger partial charge in [-0.05, 0) is 41.3 Å². The standard InChI is InChI=1S/C14H27N3O4/c1-14(2,3)21-13(20)15-10-6-11(9-18)17(7-10)12(19)8-16(4)5/h10-11,18H,6-9H2,1-5H3,(H,15,20)/t10-,11-/m0/s1. The van der Waals surface area contributed by atoms with Crippen LogP contribution in [-0.4, -0.2) is 78.4 Å². The van der Waals surface area contributed by atoms with Crippen molar-refractivity contribution < 1.29 is 19.4 Å². The molecule has 0 aliphatic carbocycles. The highest BCUT2D eigenvalue weighted by Crippen LogP contribution is 2.18. The minimum absolute atomic E-state index is 0.0486. The van der Waals surface area contributed by atoms with Crippen LogP contribution in [0.4, 0.5) is 4.79 Å². The van der Waals surface area contributed by atoms with Crippen LogP contribution in [0.2, 0.25) is 0 Å². The first-order chi connectivity index (χ1) is 9.62. The highest BCUT2D eigenvalue weighted by Gasteiger charge is 2.36. The second-order valence-electron chi connectivity index (χ2n) is 6.70. The molecule has 0 bridgehead atoms. The molecule has 0 saturated carbocycles. The summed E-state index contributed by atoms with van der Waals surface area (Å²) in [5.41, 5.74) is -0.556. The number of aliphatic hydroxyl groups excluding tert-OH is 1. The maximum atomic E-state index is 12.1. The topological polar surface area (TPSA) is 82.1 Å². The number of aliphatic hydroxyl groups is 1. The average molecular weight is 301 g/mol. The molecular weight excluding hydrogens is 274 g/mol. The van der Waals surface area contributed by atoms with E-state index in [1.807, 2.05) is 14.1 Å². The maximum absolute atomic E-state index is 12.1. The van der Waals surface area contributed by atoms with E-state index in [-0.39, 0.29) is 31.1 Å². The number of likely N-dealkylation sites (N-methyl/N-ethyl adjacent to an activating group) is 1. The first-order valence-corrected chi connectivity index (χ1v) is 7.17. The van der Waals surface area contributed by atoms with Crippen molar-refractivity contribution in [3.63, 3.8) is 0 Å². The first kappa shape index (κ1) is 17.7. The summed E-state index contributed by atoms with van der Waals surface area (Å²) in [4.78, 5) is 27.3. The van der Waals surface area contributed by atoms with Crippen molar-refractivity contribution in [2.45, 2.75) is 44.9 Å². The number of ether oxygens (including phenoxy) is 1. The summed E-state index contributed by atoms with van der Waals surface area (Å²) in [6.07, 6.45) is 0.0423. The van der Waals surface area contributed by atoms with Crippen LogP contribution >= 0.6 is 0 Å². The van der Waals surface area contributed by atoms with Crippen LogP contribution in [0.5, 0.6) is 0 Å². The Hall–Kier alpha value is -1.34. The lowest BCUT2D eigenvalue weighted by Crippen LogP contribution is -2.44. The van der Waals surface area contributed by atoms with Crippen molar-refractivity contribution in [1.82, 2.24) is 15.1 Å². The Morgan fingerprint density at radius 3 is 2.48 bits per heavy atom. The Kier molecular flexibility index (Phi) is 5.98. The van der Waals surface area contributed by atoms with E-state index < -0.39 is 11.7 Å². The summed E-state index contributed by atoms with van der Waals surface area (Å²) in [5.74, 6) is -0.0486. The number of carbonyl (C=O) groups excluding carboxylic acids is 2. The number of carbonyl (C=O) groups is 2. The lowest BCUT2D eigenvalue weighted by Gasteiger charge is -2.24. The van der Waals surface area contributed by atoms with Gasteiger partial charge in [0.05, 0.1) is 25.2 Å². The molecule has 21 heavy (non-hydrogen) atoms. The molecule has 1 aliphatic rings. The molecule has 2 atom stereocenters. The number of alkyl carbamates (subject to hydrolysis) is 1. The van der Waals surface area contributed by atoms with Crippen LogP contribution in [0.3, 0.4) is 0 Å². The van der Waals surface area contributed by atoms with Gasteiger partial charge in [-0.2, -0.15) is 0 Å². The van der Waals surface area contributed by atoms with Crippen LogP contribution in [0.1, 0.15) is 27.2 Å². The summed E-state index contributed by atoms with van der Waals surface area (Å²) in [5, 5.41) is 12.2. The maximum Gasteiger partial charge on any atom is 0.407 e. The Bertz CT molecular complexity index is 379. The fourth-order valence-electron chi connectivity index (χ4n) is 2.34. The second kappa shape index (κ2) is 7.09. The van der Waals surface area contributed by atoms with Gasteiger partial charge in [-0.1, -0.05) is 0 Å². The van der Waals surface area contributed by atoms with Gasteiger partial charge in [0.25, 0.3) is 0 Å². The molecule has 0 aromatic carbocycles. The predicted octanol–water partition coefficient (Wildman–Crippen LogP) is 0.0345. The summed E-state index contributed by atoms with van der Waals surface area (Å²) >= 11 is 0. The van der Waals surface area contributed by atoms with Gasteiger partial charge in [0.15, 0.2) is 0 Å². The molecule has 0 radical (unpaired) electrons. The zero-order valence-corrected chi connectivity index (χ0v) is 13.5. The number of likely N-dealkylation sites (tertiary alicyclic amines) is 1. The number of hydrogen-bond acceptors (Lipinski definition) is 5. The smallest absolute Gasteiger partial charge is 0.407 e. The molecule has 0 unspecified atom stereocenters. The van der Waals surface area contributed by atoms with Crippen LogP contribution in [-0.2, 0) is 9.53 Å². The van der Waals surface area contributed by atoms with E-state index in [2.05, 4.69) is 5.32 Å². The van der Waals surface area contributed by atoms with Gasteiger partial charge in [0, 0.05) is 6.54 Å². The number of amides is 2. The fraction of sp³-hybridized carbons (Fsp3) is 0.857. The summed E-state index contributed by atoms with van der Waals surface area (Å²) in [6.45, 7) is 5.97. The molecule has 1 rings (SSSR count). The lowest BCUT2D eigenvalue weighted by atomic mass is 10.2. The third-order valence-corrected chi connectivity index (χ3v) is 3.12. The van der Waals surface area contributed by atoms with E-state index in [9.17, 15) is 14.7 Å². The molecular formula is C14H27N3O4. The first-order valence-electron chi connectivity index (χ1n) is 7.17. The molecule has 0 aromatic rings. The van der Waals surface area contributed by atoms with Crippen molar-refractivity contribution >= 4 is 12.0 Å². The Balaban J connectivity index is 2.57. The quantitative estimate of drug-likeness (QED) is 0.766. The highest BCUT2D eigenvalue weighted by molar-refractivity contribution is 5.79. The molecule has 1 aliphatic heterocycles. The molecule has 1 saturated heterocycles. The normalized spacial score (nSPS) is 22.5. The molecule has 0 spiro atoms. The fourth-order valence-corrected chi connectivity index (χ4v) is 2.34. The molecule has 122 valence electrons. The molecule has 7 heteroatoms. The van der Waals surface area contributed by atoms with E-state index in [0.29, 0.717) is 13.0 Å². The van der Waals surface area contributed by atoms with E-state index in [4.69, 9.17) is 4.74 Å².